The Labute approximate surface area is 360 Å². The molecular formula is C48H63N3O10. The number of allylic oxidation sites excluding steroid dienone is 1. The summed E-state index contributed by atoms with van der Waals surface area (Å²) >= 11 is 0. The second kappa shape index (κ2) is 17.6. The molecule has 3 aromatic rings. The number of anilines is 1. The number of aliphatic hydroxyl groups excluding tert-OH is 1. The van der Waals surface area contributed by atoms with E-state index in [1.165, 1.54) is 15.9 Å². The Bertz CT molecular complexity index is 2050. The summed E-state index contributed by atoms with van der Waals surface area (Å²) in [6, 6.07) is 23.1. The maximum absolute atomic E-state index is 15.1. The van der Waals surface area contributed by atoms with Gasteiger partial charge in [0, 0.05) is 5.69 Å². The molecule has 330 valence electrons. The number of hydrogen-bond donors (Lipinski definition) is 2. The number of nitrogens with one attached hydrogen (secondary N) is 1. The fourth-order valence-corrected chi connectivity index (χ4v) is 7.72. The van der Waals surface area contributed by atoms with Gasteiger partial charge in [0.25, 0.3) is 0 Å². The van der Waals surface area contributed by atoms with E-state index >= 15 is 4.79 Å². The molecule has 0 bridgehead atoms. The number of aliphatic hydroxyl groups is 1. The lowest BCUT2D eigenvalue weighted by Crippen LogP contribution is -2.55. The maximum atomic E-state index is 15.1. The van der Waals surface area contributed by atoms with Crippen molar-refractivity contribution < 1.29 is 48.0 Å². The van der Waals surface area contributed by atoms with Gasteiger partial charge in [-0.15, -0.1) is 0 Å². The minimum absolute atomic E-state index is 0.379. The van der Waals surface area contributed by atoms with Gasteiger partial charge in [0.05, 0.1) is 24.1 Å². The van der Waals surface area contributed by atoms with Crippen molar-refractivity contribution in [3.05, 3.63) is 114 Å². The van der Waals surface area contributed by atoms with Gasteiger partial charge < -0.3 is 28.8 Å². The number of hydrogen-bond acceptors (Lipinski definition) is 10. The van der Waals surface area contributed by atoms with Gasteiger partial charge in [-0.2, -0.15) is 0 Å². The number of carbonyl (C=O) groups is 4. The van der Waals surface area contributed by atoms with E-state index in [2.05, 4.69) is 5.32 Å². The van der Waals surface area contributed by atoms with Crippen LogP contribution in [0.2, 0.25) is 0 Å². The molecule has 0 spiro atoms. The molecule has 3 aromatic carbocycles. The van der Waals surface area contributed by atoms with Crippen molar-refractivity contribution in [1.82, 2.24) is 9.80 Å². The van der Waals surface area contributed by atoms with Crippen molar-refractivity contribution >= 4 is 29.8 Å². The highest BCUT2D eigenvalue weighted by atomic mass is 16.6. The summed E-state index contributed by atoms with van der Waals surface area (Å²) in [5.74, 6) is -1.85. The fraction of sp³-hybridized carbons (Fsp3) is 0.500. The van der Waals surface area contributed by atoms with Crippen molar-refractivity contribution in [3.63, 3.8) is 0 Å². The maximum Gasteiger partial charge on any atom is 0.413 e. The normalized spacial score (nSPS) is 22.4. The van der Waals surface area contributed by atoms with Crippen molar-refractivity contribution in [3.8, 4) is 0 Å². The largest absolute Gasteiger partial charge is 0.444 e. The molecule has 2 saturated heterocycles. The molecule has 3 amide bonds. The molecule has 0 aromatic heterocycles. The van der Waals surface area contributed by atoms with E-state index in [9.17, 15) is 19.5 Å². The van der Waals surface area contributed by atoms with E-state index in [1.807, 2.05) is 60.7 Å². The highest BCUT2D eigenvalue weighted by Crippen LogP contribution is 2.47. The van der Waals surface area contributed by atoms with Crippen LogP contribution >= 0.6 is 0 Å². The number of benzene rings is 3. The molecule has 0 aliphatic carbocycles. The van der Waals surface area contributed by atoms with Crippen LogP contribution in [0.5, 0.6) is 0 Å². The first-order valence-corrected chi connectivity index (χ1v) is 20.7. The van der Waals surface area contributed by atoms with Crippen LogP contribution in [0.4, 0.5) is 20.1 Å². The lowest BCUT2D eigenvalue weighted by atomic mass is 9.82. The average Bonchev–Trinajstić information content (AvgIpc) is 3.58. The minimum Gasteiger partial charge on any atom is -0.444 e. The van der Waals surface area contributed by atoms with Crippen molar-refractivity contribution in [2.75, 3.05) is 5.32 Å². The molecule has 2 aliphatic heterocycles. The molecular weight excluding hydrogens is 779 g/mol. The first kappa shape index (κ1) is 46.8. The summed E-state index contributed by atoms with van der Waals surface area (Å²) in [4.78, 5) is 58.6. The number of ketones is 1. The van der Waals surface area contributed by atoms with Crippen LogP contribution < -0.4 is 5.32 Å². The number of ether oxygens (including phenoxy) is 5. The van der Waals surface area contributed by atoms with E-state index in [0.29, 0.717) is 16.8 Å². The first-order chi connectivity index (χ1) is 28.2. The molecule has 0 radical (unpaired) electrons. The van der Waals surface area contributed by atoms with Gasteiger partial charge >= 0.3 is 18.3 Å². The van der Waals surface area contributed by atoms with E-state index in [1.54, 1.807) is 120 Å². The molecule has 2 aliphatic rings. The Morgan fingerprint density at radius 3 is 1.59 bits per heavy atom. The Morgan fingerprint density at radius 1 is 0.656 bits per heavy atom. The fourth-order valence-electron chi connectivity index (χ4n) is 7.72. The molecule has 13 nitrogen and oxygen atoms in total. The van der Waals surface area contributed by atoms with Gasteiger partial charge in [0.15, 0.2) is 5.78 Å². The summed E-state index contributed by atoms with van der Waals surface area (Å²) in [7, 11) is 0. The highest BCUT2D eigenvalue weighted by Gasteiger charge is 2.57. The molecule has 2 fully saturated rings. The molecule has 2 N–H and O–H groups in total. The Kier molecular flexibility index (Phi) is 13.5. The zero-order chi connectivity index (χ0) is 45.3. The summed E-state index contributed by atoms with van der Waals surface area (Å²) in [5.41, 5.74) is -2.68. The van der Waals surface area contributed by atoms with Crippen LogP contribution in [-0.2, 0) is 28.5 Å². The standard InChI is InChI=1S/C48H63N3O10/c1-44(2,3)59-41(54)49-33-26-24-30(25-27-33)36(38(53)37-40(32-22-18-15-19-23-32)58-48(12,13)51(37)43(56)61-46(7,8)9)35(52)29-28-34-39(31-20-16-14-17-21-31)57-47(10,11)50(34)42(55)60-45(4,5)6/h14-29,34,36-40,53H,1-13H3,(H,49,54)/b29-28+/t34-,36+,37-,38?,39-,40-/m1/s1. The second-order valence-corrected chi connectivity index (χ2v) is 19.5. The predicted molar refractivity (Wildman–Crippen MR) is 232 cm³/mol. The van der Waals surface area contributed by atoms with E-state index in [0.717, 1.165) is 5.56 Å². The average molecular weight is 842 g/mol. The summed E-state index contributed by atoms with van der Waals surface area (Å²) in [5, 5.41) is 15.6. The van der Waals surface area contributed by atoms with Gasteiger partial charge in [-0.05, 0) is 125 Å². The quantitative estimate of drug-likeness (QED) is 0.157. The zero-order valence-electron chi connectivity index (χ0n) is 37.7. The van der Waals surface area contributed by atoms with Crippen LogP contribution in [0.3, 0.4) is 0 Å². The minimum atomic E-state index is -1.59. The van der Waals surface area contributed by atoms with Gasteiger partial charge in [0.2, 0.25) is 0 Å². The first-order valence-electron chi connectivity index (χ1n) is 20.7. The van der Waals surface area contributed by atoms with Crippen molar-refractivity contribution in [2.45, 2.75) is 155 Å². The summed E-state index contributed by atoms with van der Waals surface area (Å²) < 4.78 is 30.3. The zero-order valence-corrected chi connectivity index (χ0v) is 37.7. The Morgan fingerprint density at radius 2 is 1.10 bits per heavy atom. The van der Waals surface area contributed by atoms with Crippen LogP contribution in [0, 0.1) is 0 Å². The topological polar surface area (TPSA) is 153 Å². The second-order valence-electron chi connectivity index (χ2n) is 19.5. The van der Waals surface area contributed by atoms with Crippen LogP contribution in [0.1, 0.15) is 125 Å². The molecule has 0 saturated carbocycles. The SMILES string of the molecule is CC(C)(C)OC(=O)Nc1ccc([C@@H](C(=O)/C=C/[C@@H]2[C@@H](c3ccccc3)OC(C)(C)N2C(=O)OC(C)(C)C)C(O)[C@@H]2[C@@H](c3ccccc3)OC(C)(C)N2C(=O)OC(C)(C)C)cc1. The molecule has 13 heteroatoms. The van der Waals surface area contributed by atoms with E-state index < -0.39 is 88.6 Å². The van der Waals surface area contributed by atoms with Gasteiger partial charge in [-0.25, -0.2) is 14.4 Å². The molecule has 2 heterocycles. The number of carbonyl (C=O) groups excluding carboxylic acids is 4. The number of amides is 3. The third-order valence-electron chi connectivity index (χ3n) is 10.0. The molecule has 61 heavy (non-hydrogen) atoms. The van der Waals surface area contributed by atoms with Crippen LogP contribution in [0.15, 0.2) is 97.1 Å². The Hall–Kier alpha value is -5.24. The lowest BCUT2D eigenvalue weighted by Gasteiger charge is -2.38. The third kappa shape index (κ3) is 11.6. The van der Waals surface area contributed by atoms with Crippen molar-refractivity contribution in [2.24, 2.45) is 0 Å². The molecule has 6 atom stereocenters. The number of nitrogens with zero attached hydrogens (tertiary/aromatic N) is 2. The smallest absolute Gasteiger partial charge is 0.413 e. The Balaban J connectivity index is 1.64. The number of rotatable bonds is 9. The van der Waals surface area contributed by atoms with Gasteiger partial charge in [-0.3, -0.25) is 19.9 Å². The third-order valence-corrected chi connectivity index (χ3v) is 10.0. The summed E-state index contributed by atoms with van der Waals surface area (Å²) in [6.45, 7) is 22.8. The molecule has 5 rings (SSSR count). The predicted octanol–water partition coefficient (Wildman–Crippen LogP) is 9.83. The van der Waals surface area contributed by atoms with E-state index in [-0.39, 0.29) is 0 Å². The van der Waals surface area contributed by atoms with E-state index in [4.69, 9.17) is 23.7 Å². The highest BCUT2D eigenvalue weighted by molar-refractivity contribution is 5.96. The van der Waals surface area contributed by atoms with Crippen LogP contribution in [-0.4, -0.2) is 85.4 Å². The van der Waals surface area contributed by atoms with Gasteiger partial charge in [0.1, 0.15) is 40.5 Å². The summed E-state index contributed by atoms with van der Waals surface area (Å²) in [6.07, 6.45) is -2.25. The van der Waals surface area contributed by atoms with Crippen LogP contribution in [0.25, 0.3) is 0 Å². The monoisotopic (exact) mass is 841 g/mol. The van der Waals surface area contributed by atoms with Crippen molar-refractivity contribution in [1.29, 1.82) is 0 Å². The van der Waals surface area contributed by atoms with Gasteiger partial charge in [-0.1, -0.05) is 78.9 Å². The molecule has 1 unspecified atom stereocenters. The lowest BCUT2D eigenvalue weighted by molar-refractivity contribution is -0.120.